The minimum Gasteiger partial charge on any atom is -0.370 e. The summed E-state index contributed by atoms with van der Waals surface area (Å²) in [5.74, 6) is 0.115. The number of carbonyl (C=O) groups is 1. The van der Waals surface area contributed by atoms with Crippen molar-refractivity contribution in [2.24, 2.45) is 0 Å². The lowest BCUT2D eigenvalue weighted by Crippen LogP contribution is -2.44. The van der Waals surface area contributed by atoms with E-state index in [-0.39, 0.29) is 17.4 Å². The third kappa shape index (κ3) is 3.86. The van der Waals surface area contributed by atoms with Crippen LogP contribution in [0.4, 0.5) is 5.69 Å². The van der Waals surface area contributed by atoms with Crippen LogP contribution in [0, 0.1) is 0 Å². The van der Waals surface area contributed by atoms with Crippen LogP contribution in [0.5, 0.6) is 0 Å². The maximum absolute atomic E-state index is 12.4. The highest BCUT2D eigenvalue weighted by atomic mass is 35.5. The van der Waals surface area contributed by atoms with Crippen molar-refractivity contribution in [3.8, 4) is 0 Å². The lowest BCUT2D eigenvalue weighted by molar-refractivity contribution is 0.0958. The van der Waals surface area contributed by atoms with Crippen molar-refractivity contribution in [3.63, 3.8) is 0 Å². The van der Waals surface area contributed by atoms with Crippen molar-refractivity contribution < 1.29 is 4.79 Å². The zero-order valence-electron chi connectivity index (χ0n) is 17.9. The van der Waals surface area contributed by atoms with Crippen LogP contribution in [0.1, 0.15) is 41.4 Å². The van der Waals surface area contributed by atoms with Crippen LogP contribution in [0.25, 0.3) is 5.52 Å². The number of H-pyrrole nitrogens is 1. The number of likely N-dealkylation sites (tertiary alicyclic amines) is 1. The predicted molar refractivity (Wildman–Crippen MR) is 123 cm³/mol. The number of amides is 1. The molecule has 2 fully saturated rings. The largest absolute Gasteiger partial charge is 0.370 e. The van der Waals surface area contributed by atoms with Crippen LogP contribution in [-0.4, -0.2) is 69.7 Å². The summed E-state index contributed by atoms with van der Waals surface area (Å²) >= 11 is 6.06. The molecule has 0 aliphatic carbocycles. The van der Waals surface area contributed by atoms with E-state index in [9.17, 15) is 9.59 Å². The number of fused-ring (bicyclic) bond motifs is 1. The standard InChI is InChI=1S/C22H26ClN7O2/c1-24-21(31)18-3-2-16(10-25-18)28-8-5-15(6-9-28)29-7-4-14(12-29)19-13-30-20(22(32)27-19)17(23)11-26-30/h2-3,10-11,13-15H,4-9,12H2,1H3,(H,24,31)(H,27,32). The second kappa shape index (κ2) is 8.55. The number of rotatable bonds is 4. The van der Waals surface area contributed by atoms with Gasteiger partial charge in [-0.05, 0) is 37.9 Å². The maximum Gasteiger partial charge on any atom is 0.275 e. The van der Waals surface area contributed by atoms with Crippen molar-refractivity contribution >= 4 is 28.7 Å². The predicted octanol–water partition coefficient (Wildman–Crippen LogP) is 1.89. The van der Waals surface area contributed by atoms with Gasteiger partial charge in [0.25, 0.3) is 11.5 Å². The number of halogens is 1. The van der Waals surface area contributed by atoms with Gasteiger partial charge in [-0.25, -0.2) is 9.50 Å². The van der Waals surface area contributed by atoms with E-state index in [1.807, 2.05) is 12.3 Å². The van der Waals surface area contributed by atoms with Crippen molar-refractivity contribution in [3.05, 3.63) is 57.5 Å². The summed E-state index contributed by atoms with van der Waals surface area (Å²) in [5.41, 5.74) is 2.62. The fourth-order valence-electron chi connectivity index (χ4n) is 4.91. The van der Waals surface area contributed by atoms with Gasteiger partial charge >= 0.3 is 0 Å². The van der Waals surface area contributed by atoms with E-state index in [1.54, 1.807) is 23.8 Å². The molecule has 1 atom stereocenters. The Morgan fingerprint density at radius 2 is 2.00 bits per heavy atom. The SMILES string of the molecule is CNC(=O)c1ccc(N2CCC(N3CCC(c4cn5ncc(Cl)c5c(=O)[nH]4)C3)CC2)cn1. The van der Waals surface area contributed by atoms with Gasteiger partial charge in [0.05, 0.1) is 23.1 Å². The summed E-state index contributed by atoms with van der Waals surface area (Å²) in [6.45, 7) is 3.88. The first-order chi connectivity index (χ1) is 15.5. The van der Waals surface area contributed by atoms with Gasteiger partial charge in [0.1, 0.15) is 11.2 Å². The Morgan fingerprint density at radius 3 is 2.72 bits per heavy atom. The topological polar surface area (TPSA) is 98.6 Å². The second-order valence-electron chi connectivity index (χ2n) is 8.50. The molecule has 9 nitrogen and oxygen atoms in total. The van der Waals surface area contributed by atoms with Crippen LogP contribution in [-0.2, 0) is 0 Å². The van der Waals surface area contributed by atoms with Crippen LogP contribution < -0.4 is 15.8 Å². The number of hydrogen-bond acceptors (Lipinski definition) is 6. The molecule has 168 valence electrons. The van der Waals surface area contributed by atoms with Gasteiger partial charge in [-0.15, -0.1) is 0 Å². The minimum absolute atomic E-state index is 0.171. The zero-order chi connectivity index (χ0) is 22.2. The lowest BCUT2D eigenvalue weighted by Gasteiger charge is -2.37. The summed E-state index contributed by atoms with van der Waals surface area (Å²) in [5, 5.41) is 7.16. The quantitative estimate of drug-likeness (QED) is 0.623. The molecule has 2 aliphatic heterocycles. The molecule has 3 aromatic heterocycles. The molecule has 0 aromatic carbocycles. The van der Waals surface area contributed by atoms with Gasteiger partial charge < -0.3 is 15.2 Å². The summed E-state index contributed by atoms with van der Waals surface area (Å²) in [6.07, 6.45) is 8.36. The van der Waals surface area contributed by atoms with Crippen LogP contribution in [0.3, 0.4) is 0 Å². The van der Waals surface area contributed by atoms with Crippen molar-refractivity contribution in [2.75, 3.05) is 38.1 Å². The molecular formula is C22H26ClN7O2. The highest BCUT2D eigenvalue weighted by Gasteiger charge is 2.32. The van der Waals surface area contributed by atoms with E-state index in [1.165, 1.54) is 6.20 Å². The van der Waals surface area contributed by atoms with E-state index in [4.69, 9.17) is 11.6 Å². The molecule has 2 aliphatic rings. The lowest BCUT2D eigenvalue weighted by atomic mass is 10.0. The highest BCUT2D eigenvalue weighted by Crippen LogP contribution is 2.31. The molecule has 2 saturated heterocycles. The van der Waals surface area contributed by atoms with E-state index < -0.39 is 0 Å². The molecule has 0 spiro atoms. The Morgan fingerprint density at radius 1 is 1.19 bits per heavy atom. The normalized spacial score (nSPS) is 20.2. The Kier molecular flexibility index (Phi) is 5.60. The molecule has 3 aromatic rings. The summed E-state index contributed by atoms with van der Waals surface area (Å²) in [6, 6.07) is 4.28. The van der Waals surface area contributed by atoms with Gasteiger partial charge in [0.15, 0.2) is 0 Å². The van der Waals surface area contributed by atoms with Gasteiger partial charge in [-0.1, -0.05) is 11.6 Å². The number of nitrogens with one attached hydrogen (secondary N) is 2. The molecule has 2 N–H and O–H groups in total. The number of piperidine rings is 1. The van der Waals surface area contributed by atoms with E-state index in [2.05, 4.69) is 30.2 Å². The van der Waals surface area contributed by atoms with E-state index in [0.717, 1.165) is 56.8 Å². The summed E-state index contributed by atoms with van der Waals surface area (Å²) in [7, 11) is 1.61. The minimum atomic E-state index is -0.187. The number of anilines is 1. The number of aromatic nitrogens is 4. The average molecular weight is 456 g/mol. The molecule has 5 heterocycles. The fraction of sp³-hybridized carbons (Fsp3) is 0.455. The highest BCUT2D eigenvalue weighted by molar-refractivity contribution is 6.33. The molecule has 1 unspecified atom stereocenters. The second-order valence-corrected chi connectivity index (χ2v) is 8.91. The Hall–Kier alpha value is -2.91. The number of aromatic amines is 1. The van der Waals surface area contributed by atoms with Gasteiger partial charge in [0, 0.05) is 50.5 Å². The molecule has 5 rings (SSSR count). The molecule has 0 bridgehead atoms. The van der Waals surface area contributed by atoms with Crippen LogP contribution in [0.15, 0.2) is 35.5 Å². The smallest absolute Gasteiger partial charge is 0.275 e. The summed E-state index contributed by atoms with van der Waals surface area (Å²) < 4.78 is 1.58. The van der Waals surface area contributed by atoms with Crippen molar-refractivity contribution in [2.45, 2.75) is 31.2 Å². The van der Waals surface area contributed by atoms with Crippen LogP contribution in [0.2, 0.25) is 5.02 Å². The number of hydrogen-bond donors (Lipinski definition) is 2. The molecule has 32 heavy (non-hydrogen) atoms. The molecule has 1 amide bonds. The third-order valence-electron chi connectivity index (χ3n) is 6.70. The Balaban J connectivity index is 1.20. The van der Waals surface area contributed by atoms with Crippen molar-refractivity contribution in [1.29, 1.82) is 0 Å². The first kappa shape index (κ1) is 21.0. The van der Waals surface area contributed by atoms with Crippen molar-refractivity contribution in [1.82, 2.24) is 29.8 Å². The first-order valence-electron chi connectivity index (χ1n) is 11.0. The van der Waals surface area contributed by atoms with Gasteiger partial charge in [0.2, 0.25) is 0 Å². The van der Waals surface area contributed by atoms with Crippen LogP contribution >= 0.6 is 11.6 Å². The Labute approximate surface area is 190 Å². The molecule has 10 heteroatoms. The maximum atomic E-state index is 12.4. The number of carbonyl (C=O) groups excluding carboxylic acids is 1. The summed E-state index contributed by atoms with van der Waals surface area (Å²) in [4.78, 5) is 36.3. The third-order valence-corrected chi connectivity index (χ3v) is 6.97. The molecule has 0 radical (unpaired) electrons. The van der Waals surface area contributed by atoms with Gasteiger partial charge in [-0.2, -0.15) is 5.10 Å². The molecular weight excluding hydrogens is 430 g/mol. The fourth-order valence-corrected chi connectivity index (χ4v) is 5.13. The van der Waals surface area contributed by atoms with E-state index in [0.29, 0.717) is 22.3 Å². The number of pyridine rings is 1. The monoisotopic (exact) mass is 455 g/mol. The molecule has 0 saturated carbocycles. The van der Waals surface area contributed by atoms with Gasteiger partial charge in [-0.3, -0.25) is 14.5 Å². The average Bonchev–Trinajstić information content (AvgIpc) is 3.46. The zero-order valence-corrected chi connectivity index (χ0v) is 18.7. The Bertz CT molecular complexity index is 1180. The number of nitrogens with zero attached hydrogens (tertiary/aromatic N) is 5. The van der Waals surface area contributed by atoms with E-state index >= 15 is 0 Å². The first-order valence-corrected chi connectivity index (χ1v) is 11.3.